The van der Waals surface area contributed by atoms with Gasteiger partial charge in [0.15, 0.2) is 5.96 Å². The van der Waals surface area contributed by atoms with Gasteiger partial charge in [0.1, 0.15) is 0 Å². The largest absolute Gasteiger partial charge is 0.353 e. The number of halogens is 1. The zero-order chi connectivity index (χ0) is 19.9. The number of aryl methyl sites for hydroxylation is 2. The van der Waals surface area contributed by atoms with Crippen LogP contribution in [0.15, 0.2) is 53.5 Å². The van der Waals surface area contributed by atoms with Crippen molar-refractivity contribution in [2.75, 3.05) is 20.6 Å². The first-order valence-corrected chi connectivity index (χ1v) is 9.88. The van der Waals surface area contributed by atoms with Gasteiger partial charge in [0, 0.05) is 20.1 Å². The minimum Gasteiger partial charge on any atom is -0.353 e. The monoisotopic (exact) mass is 506 g/mol. The van der Waals surface area contributed by atoms with E-state index in [1.165, 1.54) is 16.7 Å². The summed E-state index contributed by atoms with van der Waals surface area (Å²) >= 11 is 0. The maximum Gasteiger partial charge on any atom is 0.241 e. The van der Waals surface area contributed by atoms with Gasteiger partial charge in [0.2, 0.25) is 5.91 Å². The molecule has 2 aromatic carbocycles. The molecule has 0 heterocycles. The lowest BCUT2D eigenvalue weighted by Gasteiger charge is -2.27. The van der Waals surface area contributed by atoms with Gasteiger partial charge in [-0.2, -0.15) is 0 Å². The van der Waals surface area contributed by atoms with Gasteiger partial charge in [-0.15, -0.1) is 24.0 Å². The normalized spacial score (nSPS) is 15.7. The van der Waals surface area contributed by atoms with Gasteiger partial charge >= 0.3 is 0 Å². The Balaban J connectivity index is 0.00000300. The SMILES string of the molecule is Cc1ccc(CN=C(NCC(=O)N(C)C)NC2CCc3ccccc3C2)cc1.I. The summed E-state index contributed by atoms with van der Waals surface area (Å²) in [6.07, 6.45) is 3.10. The number of hydrogen-bond donors (Lipinski definition) is 2. The second kappa shape index (κ2) is 11.2. The molecule has 1 atom stereocenters. The molecule has 3 rings (SSSR count). The molecule has 0 saturated heterocycles. The lowest BCUT2D eigenvalue weighted by atomic mass is 9.88. The zero-order valence-corrected chi connectivity index (χ0v) is 19.8. The van der Waals surface area contributed by atoms with E-state index in [1.54, 1.807) is 19.0 Å². The van der Waals surface area contributed by atoms with E-state index in [1.807, 2.05) is 0 Å². The number of likely N-dealkylation sites (N-methyl/N-ethyl adjacent to an activating group) is 1. The van der Waals surface area contributed by atoms with E-state index in [0.29, 0.717) is 18.5 Å². The number of guanidine groups is 1. The number of nitrogens with one attached hydrogen (secondary N) is 2. The molecule has 1 aliphatic carbocycles. The molecular formula is C23H31IN4O. The van der Waals surface area contributed by atoms with Crippen LogP contribution in [0.4, 0.5) is 0 Å². The van der Waals surface area contributed by atoms with Crippen molar-refractivity contribution < 1.29 is 4.79 Å². The maximum atomic E-state index is 12.0. The highest BCUT2D eigenvalue weighted by molar-refractivity contribution is 14.0. The van der Waals surface area contributed by atoms with Gasteiger partial charge in [-0.1, -0.05) is 54.1 Å². The van der Waals surface area contributed by atoms with Crippen molar-refractivity contribution in [1.82, 2.24) is 15.5 Å². The summed E-state index contributed by atoms with van der Waals surface area (Å²) in [5.41, 5.74) is 5.23. The number of carbonyl (C=O) groups excluding carboxylic acids is 1. The quantitative estimate of drug-likeness (QED) is 0.372. The second-order valence-corrected chi connectivity index (χ2v) is 7.64. The Labute approximate surface area is 191 Å². The van der Waals surface area contributed by atoms with E-state index in [2.05, 4.69) is 66.1 Å². The van der Waals surface area contributed by atoms with Crippen LogP contribution in [0.2, 0.25) is 0 Å². The molecule has 0 aliphatic heterocycles. The van der Waals surface area contributed by atoms with Crippen LogP contribution < -0.4 is 10.6 Å². The lowest BCUT2D eigenvalue weighted by Crippen LogP contribution is -2.48. The number of fused-ring (bicyclic) bond motifs is 1. The van der Waals surface area contributed by atoms with Crippen LogP contribution in [0.5, 0.6) is 0 Å². The molecule has 0 fully saturated rings. The number of rotatable bonds is 5. The first kappa shape index (κ1) is 23.2. The molecule has 5 nitrogen and oxygen atoms in total. The average Bonchev–Trinajstić information content (AvgIpc) is 2.70. The highest BCUT2D eigenvalue weighted by atomic mass is 127. The zero-order valence-electron chi connectivity index (χ0n) is 17.4. The average molecular weight is 506 g/mol. The molecule has 2 aromatic rings. The number of aliphatic imine (C=N–C) groups is 1. The molecule has 1 amide bonds. The summed E-state index contributed by atoms with van der Waals surface area (Å²) in [5.74, 6) is 0.721. The van der Waals surface area contributed by atoms with E-state index in [0.717, 1.165) is 24.8 Å². The van der Waals surface area contributed by atoms with Crippen LogP contribution in [0.25, 0.3) is 0 Å². The molecule has 1 unspecified atom stereocenters. The van der Waals surface area contributed by atoms with Crippen molar-refractivity contribution in [3.05, 3.63) is 70.8 Å². The molecular weight excluding hydrogens is 475 g/mol. The first-order chi connectivity index (χ1) is 13.5. The number of benzene rings is 2. The van der Waals surface area contributed by atoms with Crippen molar-refractivity contribution >= 4 is 35.8 Å². The Kier molecular flexibility index (Phi) is 8.95. The summed E-state index contributed by atoms with van der Waals surface area (Å²) in [6.45, 7) is 2.89. The van der Waals surface area contributed by atoms with Gasteiger partial charge in [-0.05, 0) is 42.9 Å². The van der Waals surface area contributed by atoms with Crippen LogP contribution in [-0.4, -0.2) is 43.4 Å². The third kappa shape index (κ3) is 7.03. The van der Waals surface area contributed by atoms with E-state index >= 15 is 0 Å². The lowest BCUT2D eigenvalue weighted by molar-refractivity contribution is -0.127. The topological polar surface area (TPSA) is 56.7 Å². The van der Waals surface area contributed by atoms with Crippen LogP contribution in [0.1, 0.15) is 28.7 Å². The van der Waals surface area contributed by atoms with Crippen LogP contribution in [-0.2, 0) is 24.2 Å². The minimum atomic E-state index is 0. The van der Waals surface area contributed by atoms with Crippen molar-refractivity contribution in [1.29, 1.82) is 0 Å². The van der Waals surface area contributed by atoms with Gasteiger partial charge in [-0.3, -0.25) is 4.79 Å². The molecule has 0 bridgehead atoms. The fourth-order valence-corrected chi connectivity index (χ4v) is 3.35. The number of nitrogens with zero attached hydrogens (tertiary/aromatic N) is 2. The van der Waals surface area contributed by atoms with Gasteiger partial charge in [0.25, 0.3) is 0 Å². The van der Waals surface area contributed by atoms with Crippen molar-refractivity contribution in [2.24, 2.45) is 4.99 Å². The third-order valence-electron chi connectivity index (χ3n) is 5.13. The molecule has 0 radical (unpaired) electrons. The highest BCUT2D eigenvalue weighted by Gasteiger charge is 2.19. The van der Waals surface area contributed by atoms with Crippen molar-refractivity contribution in [3.63, 3.8) is 0 Å². The number of carbonyl (C=O) groups is 1. The van der Waals surface area contributed by atoms with Gasteiger partial charge < -0.3 is 15.5 Å². The predicted molar refractivity (Wildman–Crippen MR) is 130 cm³/mol. The van der Waals surface area contributed by atoms with E-state index in [4.69, 9.17) is 4.99 Å². The Morgan fingerprint density at radius 2 is 1.79 bits per heavy atom. The first-order valence-electron chi connectivity index (χ1n) is 9.88. The molecule has 0 spiro atoms. The van der Waals surface area contributed by atoms with Crippen LogP contribution in [0, 0.1) is 6.92 Å². The number of hydrogen-bond acceptors (Lipinski definition) is 2. The summed E-state index contributed by atoms with van der Waals surface area (Å²) in [4.78, 5) is 18.3. The predicted octanol–water partition coefficient (Wildman–Crippen LogP) is 3.29. The summed E-state index contributed by atoms with van der Waals surface area (Å²) in [5, 5.41) is 6.74. The van der Waals surface area contributed by atoms with Gasteiger partial charge in [0.05, 0.1) is 13.1 Å². The Bertz CT molecular complexity index is 833. The number of amides is 1. The minimum absolute atomic E-state index is 0. The standard InChI is InChI=1S/C23H30N4O.HI/c1-17-8-10-18(11-9-17)15-24-23(25-16-22(28)27(2)3)26-21-13-12-19-6-4-5-7-20(19)14-21;/h4-11,21H,12-16H2,1-3H3,(H2,24,25,26);1H. The molecule has 6 heteroatoms. The fourth-order valence-electron chi connectivity index (χ4n) is 3.35. The molecule has 1 aliphatic rings. The molecule has 29 heavy (non-hydrogen) atoms. The van der Waals surface area contributed by atoms with E-state index < -0.39 is 0 Å². The van der Waals surface area contributed by atoms with E-state index in [-0.39, 0.29) is 36.4 Å². The highest BCUT2D eigenvalue weighted by Crippen LogP contribution is 2.21. The molecule has 0 aromatic heterocycles. The summed E-state index contributed by atoms with van der Waals surface area (Å²) < 4.78 is 0. The van der Waals surface area contributed by atoms with Crippen LogP contribution >= 0.6 is 24.0 Å². The Morgan fingerprint density at radius 3 is 2.48 bits per heavy atom. The maximum absolute atomic E-state index is 12.0. The second-order valence-electron chi connectivity index (χ2n) is 7.64. The smallest absolute Gasteiger partial charge is 0.241 e. The van der Waals surface area contributed by atoms with E-state index in [9.17, 15) is 4.79 Å². The van der Waals surface area contributed by atoms with Crippen LogP contribution in [0.3, 0.4) is 0 Å². The van der Waals surface area contributed by atoms with Crippen molar-refractivity contribution in [3.8, 4) is 0 Å². The fraction of sp³-hybridized carbons (Fsp3) is 0.391. The third-order valence-corrected chi connectivity index (χ3v) is 5.13. The summed E-state index contributed by atoms with van der Waals surface area (Å²) in [6, 6.07) is 17.3. The Morgan fingerprint density at radius 1 is 1.10 bits per heavy atom. The molecule has 156 valence electrons. The summed E-state index contributed by atoms with van der Waals surface area (Å²) in [7, 11) is 3.53. The molecule has 2 N–H and O–H groups in total. The van der Waals surface area contributed by atoms with Gasteiger partial charge in [-0.25, -0.2) is 4.99 Å². The molecule has 0 saturated carbocycles. The van der Waals surface area contributed by atoms with Crippen molar-refractivity contribution in [2.45, 2.75) is 38.8 Å². The Hall–Kier alpha value is -2.09.